The van der Waals surface area contributed by atoms with Crippen molar-refractivity contribution in [3.8, 4) is 0 Å². The van der Waals surface area contributed by atoms with Crippen LogP contribution in [0.15, 0.2) is 0 Å². The smallest absolute Gasteiger partial charge is 0.302 e. The van der Waals surface area contributed by atoms with Gasteiger partial charge in [0.25, 0.3) is 0 Å². The lowest BCUT2D eigenvalue weighted by Crippen LogP contribution is -2.42. The van der Waals surface area contributed by atoms with Crippen LogP contribution in [0.25, 0.3) is 0 Å². The summed E-state index contributed by atoms with van der Waals surface area (Å²) < 4.78 is 10.4. The standard InChI is InChI=1S/2C9H17NO2/c1-7-6-10(3)5-4-9(7)12-8(2)11;1-7-4-5-10(3)6-9(7)12-8(2)11/h2*7,9H,4-6H2,1-3H3. The predicted octanol–water partition coefficient (Wildman–Crippen LogP) is 1.78. The van der Waals surface area contributed by atoms with Crippen molar-refractivity contribution in [3.05, 3.63) is 0 Å². The summed E-state index contributed by atoms with van der Waals surface area (Å²) in [6.45, 7) is 11.3. The summed E-state index contributed by atoms with van der Waals surface area (Å²) in [5.74, 6) is 0.649. The highest BCUT2D eigenvalue weighted by Gasteiger charge is 2.27. The minimum Gasteiger partial charge on any atom is -0.462 e. The first-order valence-corrected chi connectivity index (χ1v) is 8.90. The first-order chi connectivity index (χ1) is 11.2. The molecule has 0 radical (unpaired) electrons. The van der Waals surface area contributed by atoms with Crippen LogP contribution in [0.2, 0.25) is 0 Å². The predicted molar refractivity (Wildman–Crippen MR) is 93.7 cm³/mol. The van der Waals surface area contributed by atoms with E-state index in [2.05, 4.69) is 37.7 Å². The van der Waals surface area contributed by atoms with E-state index in [9.17, 15) is 9.59 Å². The van der Waals surface area contributed by atoms with E-state index in [-0.39, 0.29) is 24.1 Å². The van der Waals surface area contributed by atoms with Gasteiger partial charge in [-0.2, -0.15) is 0 Å². The Morgan fingerprint density at radius 2 is 1.29 bits per heavy atom. The van der Waals surface area contributed by atoms with Crippen molar-refractivity contribution in [3.63, 3.8) is 0 Å². The van der Waals surface area contributed by atoms with Crippen LogP contribution in [0.5, 0.6) is 0 Å². The topological polar surface area (TPSA) is 59.1 Å². The molecule has 4 atom stereocenters. The molecule has 0 amide bonds. The molecule has 2 aliphatic heterocycles. The maximum atomic E-state index is 10.7. The van der Waals surface area contributed by atoms with Gasteiger partial charge in [0.15, 0.2) is 0 Å². The zero-order valence-corrected chi connectivity index (χ0v) is 16.1. The number of likely N-dealkylation sites (N-methyl/N-ethyl adjacent to an activating group) is 1. The van der Waals surface area contributed by atoms with Crippen LogP contribution < -0.4 is 0 Å². The second-order valence-electron chi connectivity index (χ2n) is 7.35. The van der Waals surface area contributed by atoms with Gasteiger partial charge in [0.2, 0.25) is 0 Å². The van der Waals surface area contributed by atoms with Gasteiger partial charge in [-0.25, -0.2) is 0 Å². The van der Waals surface area contributed by atoms with E-state index in [4.69, 9.17) is 9.47 Å². The third-order valence-corrected chi connectivity index (χ3v) is 4.76. The van der Waals surface area contributed by atoms with Crippen molar-refractivity contribution in [2.75, 3.05) is 40.3 Å². The molecule has 0 spiro atoms. The third kappa shape index (κ3) is 7.62. The number of hydrogen-bond acceptors (Lipinski definition) is 6. The van der Waals surface area contributed by atoms with E-state index < -0.39 is 0 Å². The fourth-order valence-electron chi connectivity index (χ4n) is 3.28. The third-order valence-electron chi connectivity index (χ3n) is 4.76. The maximum Gasteiger partial charge on any atom is 0.302 e. The molecule has 6 heteroatoms. The van der Waals surface area contributed by atoms with Crippen molar-refractivity contribution < 1.29 is 19.1 Å². The van der Waals surface area contributed by atoms with Crippen LogP contribution in [-0.2, 0) is 19.1 Å². The molecule has 0 aromatic carbocycles. The minimum absolute atomic E-state index is 0.0984. The summed E-state index contributed by atoms with van der Waals surface area (Å²) in [7, 11) is 4.16. The summed E-state index contributed by atoms with van der Waals surface area (Å²) in [6.07, 6.45) is 2.33. The van der Waals surface area contributed by atoms with Crippen molar-refractivity contribution in [2.45, 2.75) is 52.7 Å². The van der Waals surface area contributed by atoms with Gasteiger partial charge < -0.3 is 19.3 Å². The van der Waals surface area contributed by atoms with Crippen molar-refractivity contribution in [1.82, 2.24) is 9.80 Å². The first-order valence-electron chi connectivity index (χ1n) is 8.90. The van der Waals surface area contributed by atoms with E-state index in [0.29, 0.717) is 11.8 Å². The molecule has 2 saturated heterocycles. The minimum atomic E-state index is -0.165. The van der Waals surface area contributed by atoms with E-state index in [0.717, 1.165) is 39.0 Å². The van der Waals surface area contributed by atoms with Crippen LogP contribution >= 0.6 is 0 Å². The van der Waals surface area contributed by atoms with Gasteiger partial charge in [-0.15, -0.1) is 0 Å². The average Bonchev–Trinajstić information content (AvgIpc) is 2.46. The molecule has 4 unspecified atom stereocenters. The van der Waals surface area contributed by atoms with Gasteiger partial charge in [-0.3, -0.25) is 9.59 Å². The zero-order chi connectivity index (χ0) is 18.3. The van der Waals surface area contributed by atoms with E-state index in [1.807, 2.05) is 0 Å². The SMILES string of the molecule is CC(=O)OC1CCN(C)CC1C.CC(=O)OC1CN(C)CCC1C. The number of esters is 2. The highest BCUT2D eigenvalue weighted by Crippen LogP contribution is 2.19. The van der Waals surface area contributed by atoms with Crippen molar-refractivity contribution in [2.24, 2.45) is 11.8 Å². The van der Waals surface area contributed by atoms with Gasteiger partial charge in [0.05, 0.1) is 0 Å². The van der Waals surface area contributed by atoms with Crippen molar-refractivity contribution >= 4 is 11.9 Å². The zero-order valence-electron chi connectivity index (χ0n) is 16.1. The number of rotatable bonds is 2. The van der Waals surface area contributed by atoms with Gasteiger partial charge in [-0.1, -0.05) is 13.8 Å². The molecule has 0 aromatic rings. The Kier molecular flexibility index (Phi) is 8.70. The van der Waals surface area contributed by atoms with Gasteiger partial charge in [0, 0.05) is 39.4 Å². The Balaban J connectivity index is 0.000000240. The Morgan fingerprint density at radius 3 is 1.83 bits per heavy atom. The molecular weight excluding hydrogens is 308 g/mol. The van der Waals surface area contributed by atoms with E-state index in [1.54, 1.807) is 0 Å². The summed E-state index contributed by atoms with van der Waals surface area (Å²) in [5.41, 5.74) is 0. The Hall–Kier alpha value is -1.14. The average molecular weight is 342 g/mol. The van der Waals surface area contributed by atoms with Crippen LogP contribution in [0.3, 0.4) is 0 Å². The molecule has 0 aliphatic carbocycles. The summed E-state index contributed by atoms with van der Waals surface area (Å²) in [4.78, 5) is 25.9. The van der Waals surface area contributed by atoms with Gasteiger partial charge >= 0.3 is 11.9 Å². The second-order valence-corrected chi connectivity index (χ2v) is 7.35. The molecule has 0 N–H and O–H groups in total. The Bertz CT molecular complexity index is 416. The molecule has 2 heterocycles. The number of ether oxygens (including phenoxy) is 2. The monoisotopic (exact) mass is 342 g/mol. The summed E-state index contributed by atoms with van der Waals surface area (Å²) in [6, 6.07) is 0. The Labute approximate surface area is 146 Å². The summed E-state index contributed by atoms with van der Waals surface area (Å²) in [5, 5.41) is 0. The molecule has 2 aliphatic rings. The second kappa shape index (κ2) is 9.99. The lowest BCUT2D eigenvalue weighted by atomic mass is 9.96. The summed E-state index contributed by atoms with van der Waals surface area (Å²) >= 11 is 0. The molecule has 140 valence electrons. The molecule has 2 rings (SSSR count). The lowest BCUT2D eigenvalue weighted by molar-refractivity contribution is -0.152. The molecule has 0 aromatic heterocycles. The molecule has 24 heavy (non-hydrogen) atoms. The number of nitrogens with zero attached hydrogens (tertiary/aromatic N) is 2. The first kappa shape index (κ1) is 20.9. The lowest BCUT2D eigenvalue weighted by Gasteiger charge is -2.33. The highest BCUT2D eigenvalue weighted by molar-refractivity contribution is 5.66. The number of carbonyl (C=O) groups excluding carboxylic acids is 2. The van der Waals surface area contributed by atoms with Gasteiger partial charge in [0.1, 0.15) is 12.2 Å². The molecule has 6 nitrogen and oxygen atoms in total. The molecule has 0 bridgehead atoms. The van der Waals surface area contributed by atoms with E-state index in [1.165, 1.54) is 13.8 Å². The molecular formula is C18H34N2O4. The van der Waals surface area contributed by atoms with Crippen LogP contribution in [0.1, 0.15) is 40.5 Å². The quantitative estimate of drug-likeness (QED) is 0.713. The normalized spacial score (nSPS) is 31.6. The van der Waals surface area contributed by atoms with Crippen LogP contribution in [0, 0.1) is 11.8 Å². The number of likely N-dealkylation sites (tertiary alicyclic amines) is 2. The fourth-order valence-corrected chi connectivity index (χ4v) is 3.28. The Morgan fingerprint density at radius 1 is 0.792 bits per heavy atom. The van der Waals surface area contributed by atoms with Crippen LogP contribution in [0.4, 0.5) is 0 Å². The molecule has 2 fully saturated rings. The van der Waals surface area contributed by atoms with E-state index >= 15 is 0 Å². The number of carbonyl (C=O) groups is 2. The highest BCUT2D eigenvalue weighted by atomic mass is 16.5. The maximum absolute atomic E-state index is 10.7. The number of hydrogen-bond donors (Lipinski definition) is 0. The largest absolute Gasteiger partial charge is 0.462 e. The van der Waals surface area contributed by atoms with Gasteiger partial charge in [-0.05, 0) is 39.4 Å². The number of piperidine rings is 2. The molecule has 0 saturated carbocycles. The fraction of sp³-hybridized carbons (Fsp3) is 0.889. The van der Waals surface area contributed by atoms with Crippen molar-refractivity contribution in [1.29, 1.82) is 0 Å². The van der Waals surface area contributed by atoms with Crippen LogP contribution in [-0.4, -0.2) is 74.2 Å².